The van der Waals surface area contributed by atoms with Crippen molar-refractivity contribution in [3.8, 4) is 5.75 Å². The first kappa shape index (κ1) is 18.7. The van der Waals surface area contributed by atoms with E-state index >= 15 is 0 Å². The molecule has 0 aliphatic heterocycles. The van der Waals surface area contributed by atoms with Crippen LogP contribution in [0.4, 0.5) is 15.9 Å². The number of aromatic nitrogens is 4. The Bertz CT molecular complexity index is 1210. The molecule has 0 aliphatic rings. The third-order valence-electron chi connectivity index (χ3n) is 4.53. The Morgan fingerprint density at radius 2 is 1.86 bits per heavy atom. The Labute approximate surface area is 166 Å². The molecular weight excluding hydrogens is 373 g/mol. The van der Waals surface area contributed by atoms with E-state index < -0.39 is 0 Å². The molecule has 0 radical (unpaired) electrons. The van der Waals surface area contributed by atoms with Gasteiger partial charge in [0.1, 0.15) is 24.0 Å². The first-order valence-electron chi connectivity index (χ1n) is 9.19. The van der Waals surface area contributed by atoms with Crippen LogP contribution in [-0.4, -0.2) is 25.8 Å². The number of halogens is 1. The minimum atomic E-state index is -0.328. The molecule has 4 aromatic rings. The van der Waals surface area contributed by atoms with Gasteiger partial charge < -0.3 is 10.1 Å². The van der Waals surface area contributed by atoms with Crippen molar-refractivity contribution in [1.29, 1.82) is 0 Å². The van der Waals surface area contributed by atoms with Crippen LogP contribution in [0.1, 0.15) is 11.3 Å². The lowest BCUT2D eigenvalue weighted by atomic mass is 10.2. The van der Waals surface area contributed by atoms with Crippen LogP contribution >= 0.6 is 0 Å². The third kappa shape index (κ3) is 3.96. The van der Waals surface area contributed by atoms with E-state index in [0.29, 0.717) is 17.3 Å². The van der Waals surface area contributed by atoms with Crippen LogP contribution in [0.25, 0.3) is 5.78 Å². The van der Waals surface area contributed by atoms with Crippen LogP contribution in [0.15, 0.2) is 59.4 Å². The van der Waals surface area contributed by atoms with E-state index in [1.807, 2.05) is 44.2 Å². The highest BCUT2D eigenvalue weighted by Crippen LogP contribution is 2.19. The summed E-state index contributed by atoms with van der Waals surface area (Å²) in [5, 5.41) is 7.59. The summed E-state index contributed by atoms with van der Waals surface area (Å²) in [7, 11) is 0. The van der Waals surface area contributed by atoms with Gasteiger partial charge in [-0.2, -0.15) is 4.98 Å². The van der Waals surface area contributed by atoms with E-state index in [2.05, 4.69) is 15.4 Å². The molecule has 2 aromatic carbocycles. The van der Waals surface area contributed by atoms with Crippen molar-refractivity contribution < 1.29 is 9.13 Å². The Balaban J connectivity index is 1.54. The van der Waals surface area contributed by atoms with Gasteiger partial charge in [-0.3, -0.25) is 0 Å². The second-order valence-corrected chi connectivity index (χ2v) is 6.67. The van der Waals surface area contributed by atoms with Crippen molar-refractivity contribution in [2.75, 3.05) is 11.9 Å². The molecule has 0 bridgehead atoms. The van der Waals surface area contributed by atoms with Crippen molar-refractivity contribution in [3.63, 3.8) is 0 Å². The van der Waals surface area contributed by atoms with E-state index in [0.717, 1.165) is 16.9 Å². The van der Waals surface area contributed by atoms with Crippen LogP contribution in [-0.2, 0) is 6.54 Å². The molecule has 0 atom stereocenters. The molecule has 8 heteroatoms. The van der Waals surface area contributed by atoms with E-state index in [9.17, 15) is 9.18 Å². The molecular formula is C21H20FN5O2. The number of para-hydroxylation sites is 1. The van der Waals surface area contributed by atoms with Gasteiger partial charge in [0, 0.05) is 17.4 Å². The van der Waals surface area contributed by atoms with E-state index in [4.69, 9.17) is 4.74 Å². The number of nitrogens with zero attached hydrogens (tertiary/aromatic N) is 4. The number of fused-ring (bicyclic) bond motifs is 1. The molecule has 2 heterocycles. The Hall–Kier alpha value is -3.68. The first-order valence-corrected chi connectivity index (χ1v) is 9.19. The minimum Gasteiger partial charge on any atom is -0.492 e. The largest absolute Gasteiger partial charge is 0.492 e. The molecule has 148 valence electrons. The highest BCUT2D eigenvalue weighted by molar-refractivity contribution is 5.61. The number of aryl methyl sites for hydroxylation is 2. The molecule has 0 spiro atoms. The van der Waals surface area contributed by atoms with Crippen molar-refractivity contribution in [3.05, 3.63) is 82.2 Å². The number of ether oxygens (including phenoxy) is 1. The molecule has 0 unspecified atom stereocenters. The highest BCUT2D eigenvalue weighted by atomic mass is 19.1. The predicted octanol–water partition coefficient (Wildman–Crippen LogP) is 3.47. The monoisotopic (exact) mass is 393 g/mol. The number of hydrogen-bond acceptors (Lipinski definition) is 5. The fraction of sp³-hybridized carbons (Fsp3) is 0.190. The smallest absolute Gasteiger partial charge is 0.351 e. The summed E-state index contributed by atoms with van der Waals surface area (Å²) in [5.41, 5.74) is 2.47. The van der Waals surface area contributed by atoms with E-state index in [1.165, 1.54) is 33.3 Å². The summed E-state index contributed by atoms with van der Waals surface area (Å²) < 4.78 is 21.3. The van der Waals surface area contributed by atoms with Gasteiger partial charge in [-0.1, -0.05) is 18.2 Å². The van der Waals surface area contributed by atoms with E-state index in [-0.39, 0.29) is 24.7 Å². The maximum absolute atomic E-state index is 12.9. The number of hydrogen-bond donors (Lipinski definition) is 1. The predicted molar refractivity (Wildman–Crippen MR) is 108 cm³/mol. The van der Waals surface area contributed by atoms with Crippen molar-refractivity contribution in [2.45, 2.75) is 20.4 Å². The van der Waals surface area contributed by atoms with Gasteiger partial charge in [0.25, 0.3) is 5.78 Å². The molecule has 7 nitrogen and oxygen atoms in total. The topological polar surface area (TPSA) is 73.5 Å². The molecule has 0 aliphatic carbocycles. The van der Waals surface area contributed by atoms with Gasteiger partial charge in [-0.25, -0.2) is 18.3 Å². The van der Waals surface area contributed by atoms with Gasteiger partial charge in [0.05, 0.1) is 6.54 Å². The zero-order valence-electron chi connectivity index (χ0n) is 16.1. The average Bonchev–Trinajstić information content (AvgIpc) is 3.01. The van der Waals surface area contributed by atoms with Crippen LogP contribution in [0.5, 0.6) is 5.75 Å². The zero-order valence-corrected chi connectivity index (χ0v) is 16.1. The Morgan fingerprint density at radius 3 is 2.62 bits per heavy atom. The van der Waals surface area contributed by atoms with Crippen LogP contribution in [0.2, 0.25) is 0 Å². The first-order chi connectivity index (χ1) is 14.0. The fourth-order valence-corrected chi connectivity index (χ4v) is 3.02. The second kappa shape index (κ2) is 7.75. The SMILES string of the molecule is Cc1ccccc1Nc1cc(C)n2c(=O)n(CCOc3ccc(F)cc3)nc2n1. The summed E-state index contributed by atoms with van der Waals surface area (Å²) in [6, 6.07) is 15.4. The summed E-state index contributed by atoms with van der Waals surface area (Å²) >= 11 is 0. The molecule has 29 heavy (non-hydrogen) atoms. The second-order valence-electron chi connectivity index (χ2n) is 6.67. The molecule has 0 amide bonds. The zero-order chi connectivity index (χ0) is 20.4. The lowest BCUT2D eigenvalue weighted by Crippen LogP contribution is -2.24. The van der Waals surface area contributed by atoms with Crippen LogP contribution in [0, 0.1) is 19.7 Å². The lowest BCUT2D eigenvalue weighted by molar-refractivity contribution is 0.288. The van der Waals surface area contributed by atoms with Gasteiger partial charge >= 0.3 is 5.69 Å². The summed E-state index contributed by atoms with van der Waals surface area (Å²) in [6.45, 7) is 4.32. The molecule has 4 rings (SSSR count). The molecule has 0 saturated heterocycles. The molecule has 0 saturated carbocycles. The maximum atomic E-state index is 12.9. The number of benzene rings is 2. The normalized spacial score (nSPS) is 11.0. The summed E-state index contributed by atoms with van der Waals surface area (Å²) in [6.07, 6.45) is 0. The fourth-order valence-electron chi connectivity index (χ4n) is 3.02. The van der Waals surface area contributed by atoms with Gasteiger partial charge in [-0.05, 0) is 49.7 Å². The van der Waals surface area contributed by atoms with Crippen molar-refractivity contribution >= 4 is 17.3 Å². The van der Waals surface area contributed by atoms with Gasteiger partial charge in [0.15, 0.2) is 0 Å². The van der Waals surface area contributed by atoms with Gasteiger partial charge in [-0.15, -0.1) is 5.10 Å². The van der Waals surface area contributed by atoms with E-state index in [1.54, 1.807) is 0 Å². The quantitative estimate of drug-likeness (QED) is 0.543. The van der Waals surface area contributed by atoms with Crippen molar-refractivity contribution in [1.82, 2.24) is 19.2 Å². The molecule has 1 N–H and O–H groups in total. The van der Waals surface area contributed by atoms with Crippen molar-refractivity contribution in [2.24, 2.45) is 0 Å². The molecule has 2 aromatic heterocycles. The Morgan fingerprint density at radius 1 is 1.10 bits per heavy atom. The highest BCUT2D eigenvalue weighted by Gasteiger charge is 2.12. The van der Waals surface area contributed by atoms with Crippen LogP contribution < -0.4 is 15.7 Å². The van der Waals surface area contributed by atoms with Crippen LogP contribution in [0.3, 0.4) is 0 Å². The minimum absolute atomic E-state index is 0.225. The molecule has 0 fully saturated rings. The Kier molecular flexibility index (Phi) is 4.99. The van der Waals surface area contributed by atoms with Gasteiger partial charge in [0.2, 0.25) is 0 Å². The standard InChI is InChI=1S/C21H20FN5O2/c1-14-5-3-4-6-18(14)23-19-13-15(2)27-20(24-19)25-26(21(27)28)11-12-29-17-9-7-16(22)8-10-17/h3-10,13H,11-12H2,1-2H3,(H,23,24,25). The third-order valence-corrected chi connectivity index (χ3v) is 4.53. The summed E-state index contributed by atoms with van der Waals surface area (Å²) in [5.74, 6) is 1.13. The summed E-state index contributed by atoms with van der Waals surface area (Å²) in [4.78, 5) is 17.1. The maximum Gasteiger partial charge on any atom is 0.351 e. The number of nitrogens with one attached hydrogen (secondary N) is 1. The average molecular weight is 393 g/mol. The lowest BCUT2D eigenvalue weighted by Gasteiger charge is -2.09. The number of rotatable bonds is 6. The number of anilines is 2.